The number of methoxy groups -OCH3 is 7. The van der Waals surface area contributed by atoms with E-state index < -0.39 is 30.4 Å². The highest BCUT2D eigenvalue weighted by atomic mass is 35.5. The summed E-state index contributed by atoms with van der Waals surface area (Å²) >= 11 is 11.7. The van der Waals surface area contributed by atoms with Crippen molar-refractivity contribution in [3.05, 3.63) is 451 Å². The van der Waals surface area contributed by atoms with Crippen molar-refractivity contribution in [2.75, 3.05) is 82.1 Å². The van der Waals surface area contributed by atoms with Crippen LogP contribution in [0, 0.1) is 50.6 Å². The lowest BCUT2D eigenvalue weighted by molar-refractivity contribution is -0.385. The molecule has 147 heavy (non-hydrogen) atoms. The second-order valence-electron chi connectivity index (χ2n) is 30.1. The number of nitro groups is 5. The van der Waals surface area contributed by atoms with Gasteiger partial charge in [0.25, 0.3) is 22.7 Å². The number of carbonyl (C=O) groups is 5. The minimum Gasteiger partial charge on any atom is -0.495 e. The first-order chi connectivity index (χ1) is 70.9. The van der Waals surface area contributed by atoms with Crippen LogP contribution in [0.2, 0.25) is 10.0 Å². The number of allylic oxidation sites excluding steroid dienone is 5. The zero-order chi connectivity index (χ0) is 105. The molecule has 0 unspecified atom stereocenters. The van der Waals surface area contributed by atoms with Crippen LogP contribution in [0.25, 0.3) is 30.4 Å². The lowest BCUT2D eigenvalue weighted by Crippen LogP contribution is -2.01. The minimum absolute atomic E-state index is 0.000974. The van der Waals surface area contributed by atoms with Crippen LogP contribution in [-0.4, -0.2) is 128 Å². The molecule has 5 aromatic heterocycles. The average Bonchev–Trinajstić information content (AvgIpc) is 0.814. The summed E-state index contributed by atoms with van der Waals surface area (Å²) in [4.78, 5) is 136. The van der Waals surface area contributed by atoms with E-state index in [0.717, 1.165) is 17.3 Å². The summed E-state index contributed by atoms with van der Waals surface area (Å²) in [6.45, 7) is 0. The number of hydrogen-bond acceptors (Lipinski definition) is 33. The van der Waals surface area contributed by atoms with Crippen molar-refractivity contribution in [2.45, 2.75) is 0 Å². The van der Waals surface area contributed by atoms with Gasteiger partial charge in [0, 0.05) is 180 Å². The first-order valence-corrected chi connectivity index (χ1v) is 44.2. The van der Waals surface area contributed by atoms with Crippen LogP contribution in [0.15, 0.2) is 334 Å². The van der Waals surface area contributed by atoms with E-state index in [-0.39, 0.29) is 62.9 Å². The van der Waals surface area contributed by atoms with Crippen LogP contribution < -0.4 is 65.5 Å². The van der Waals surface area contributed by atoms with Crippen molar-refractivity contribution in [1.29, 1.82) is 0 Å². The summed E-state index contributed by atoms with van der Waals surface area (Å²) in [5.41, 5.74) is 14.6. The maximum atomic E-state index is 12.8. The van der Waals surface area contributed by atoms with E-state index in [1.807, 2.05) is 24.3 Å². The molecule has 15 rings (SSSR count). The van der Waals surface area contributed by atoms with Gasteiger partial charge in [0.05, 0.1) is 80.1 Å². The molecule has 38 nitrogen and oxygen atoms in total. The number of nitrogen functional groups attached to an aromatic ring is 1. The number of hydrogen-bond donors (Lipinski definition) is 6. The van der Waals surface area contributed by atoms with Gasteiger partial charge in [0.1, 0.15) is 34.8 Å². The number of nitrogens with one attached hydrogen (secondary N) is 5. The van der Waals surface area contributed by atoms with Gasteiger partial charge in [0.15, 0.2) is 57.7 Å². The van der Waals surface area contributed by atoms with E-state index in [0.29, 0.717) is 147 Å². The lowest BCUT2D eigenvalue weighted by Gasteiger charge is -2.13. The number of ketones is 5. The normalized spacial score (nSPS) is 10.6. The number of carbonyl (C=O) groups excluding carboxylic acids is 5. The third-order valence-electron chi connectivity index (χ3n) is 20.7. The van der Waals surface area contributed by atoms with Crippen LogP contribution >= 0.6 is 23.2 Å². The average molecular weight is 2020 g/mol. The number of anilines is 11. The van der Waals surface area contributed by atoms with Crippen molar-refractivity contribution in [3.8, 4) is 40.2 Å². The summed E-state index contributed by atoms with van der Waals surface area (Å²) in [7, 11) is 10.3. The van der Waals surface area contributed by atoms with Crippen LogP contribution in [0.5, 0.6) is 40.2 Å². The van der Waals surface area contributed by atoms with Crippen molar-refractivity contribution in [1.82, 2.24) is 24.9 Å². The molecule has 10 aromatic carbocycles. The smallest absolute Gasteiger partial charge is 0.311 e. The number of non-ortho nitro benzene ring substituents is 4. The second kappa shape index (κ2) is 53.4. The van der Waals surface area contributed by atoms with Crippen molar-refractivity contribution >= 4 is 174 Å². The standard InChI is InChI=1S/C23H21N3O6.C22H19N3O5.C21H16N4O6.C21H18N4O4.C20H14Cl2N2O/c1-30-20-13-16(14-21(31-2)22(20)32-3)19(27)11-6-15-5-4-12-24-23(15)25-17-7-9-18(10-8-17)26(28)29;1-29-20-12-6-16(14-21(20)30-2)19(26)11-5-15-4-3-13-23-22(15)24-17-7-9-18(10-8-17)25(27)28;1-31-20-11-5-15(13-18(20)25(29)30)19(26)10-4-14-3-2-12-22-21(14)23-16-6-8-17(9-7-16)24(27)28;1-29-20-11-5-15(13-18(20)22)19(26)10-4-14-3-2-12-23-21(14)24-16-6-8-17(9-7-16)25(27)28;21-16-6-3-14(4-7-16)19(25)12-5-15-2-1-13-23-20(15)24-18-10-8-17(22)9-11-18/h4-14H,1-3H3,(H,24,25);3-14H,1-2H3,(H,23,24);2-13H,1H3,(H,22,23);2-13H,22H2,1H3,(H,23,24);1-13H,(H,23,24)/b11-6+;11-5+;2*10-4+;12-5+. The Bertz CT molecular complexity index is 7430. The van der Waals surface area contributed by atoms with E-state index in [2.05, 4.69) is 51.5 Å². The third kappa shape index (κ3) is 31.2. The van der Waals surface area contributed by atoms with Crippen LogP contribution in [-0.2, 0) is 0 Å². The third-order valence-corrected chi connectivity index (χ3v) is 21.2. The van der Waals surface area contributed by atoms with Gasteiger partial charge in [-0.05, 0) is 279 Å². The predicted octanol–water partition coefficient (Wildman–Crippen LogP) is 24.1. The number of benzene rings is 10. The number of rotatable bonds is 37. The summed E-state index contributed by atoms with van der Waals surface area (Å²) in [6, 6.07) is 72.5. The molecule has 742 valence electrons. The molecule has 15 aromatic rings. The molecule has 0 saturated heterocycles. The molecular weight excluding hydrogens is 1930 g/mol. The van der Waals surface area contributed by atoms with Crippen molar-refractivity contribution in [2.24, 2.45) is 0 Å². The van der Waals surface area contributed by atoms with E-state index >= 15 is 0 Å². The molecule has 7 N–H and O–H groups in total. The topological polar surface area (TPSA) is 516 Å². The predicted molar refractivity (Wildman–Crippen MR) is 562 cm³/mol. The minimum atomic E-state index is -0.618. The van der Waals surface area contributed by atoms with Gasteiger partial charge in [-0.2, -0.15) is 0 Å². The van der Waals surface area contributed by atoms with Crippen molar-refractivity contribution < 1.29 is 81.7 Å². The van der Waals surface area contributed by atoms with Crippen LogP contribution in [0.4, 0.5) is 91.7 Å². The Morgan fingerprint density at radius 2 is 0.517 bits per heavy atom. The Morgan fingerprint density at radius 3 is 0.796 bits per heavy atom. The van der Waals surface area contributed by atoms with Gasteiger partial charge in [0.2, 0.25) is 5.75 Å². The Balaban J connectivity index is 0.000000175. The Kier molecular flexibility index (Phi) is 39.0. The Labute approximate surface area is 848 Å². The molecule has 0 aliphatic rings. The monoisotopic (exact) mass is 2020 g/mol. The van der Waals surface area contributed by atoms with E-state index in [9.17, 15) is 74.5 Å². The van der Waals surface area contributed by atoms with Gasteiger partial charge in [-0.25, -0.2) is 24.9 Å². The lowest BCUT2D eigenvalue weighted by atomic mass is 10.1. The molecular formula is C107H88Cl2N16O22. The SMILES string of the molecule is COc1cc(C(=O)/C=C/c2cccnc2Nc2ccc([N+](=O)[O-])cc2)cc(OC)c1OC.COc1ccc(C(=O)/C=C/c2cccnc2Nc2ccc([N+](=O)[O-])cc2)cc1N.COc1ccc(C(=O)/C=C/c2cccnc2Nc2ccc([N+](=O)[O-])cc2)cc1OC.COc1ccc(C(=O)/C=C/c2cccnc2Nc2ccc([N+](=O)[O-])cc2)cc1[N+](=O)[O-].O=C(/C=C/c1cccnc1Nc1ccc(Cl)cc1)c1ccc(Cl)cc1. The quantitative estimate of drug-likeness (QED) is 0.00692. The van der Waals surface area contributed by atoms with Crippen LogP contribution in [0.1, 0.15) is 79.6 Å². The highest BCUT2D eigenvalue weighted by Crippen LogP contribution is 2.40. The zero-order valence-corrected chi connectivity index (χ0v) is 80.4. The molecule has 0 spiro atoms. The number of pyridine rings is 5. The second-order valence-corrected chi connectivity index (χ2v) is 31.0. The molecule has 0 fully saturated rings. The molecule has 5 heterocycles. The summed E-state index contributed by atoms with van der Waals surface area (Å²) < 4.78 is 36.3. The number of ether oxygens (including phenoxy) is 7. The first-order valence-electron chi connectivity index (χ1n) is 43.5. The molecule has 0 aliphatic carbocycles. The maximum Gasteiger partial charge on any atom is 0.311 e. The number of aromatic nitrogens is 5. The molecule has 0 bridgehead atoms. The molecule has 0 saturated carbocycles. The van der Waals surface area contributed by atoms with Gasteiger partial charge in [-0.1, -0.05) is 23.2 Å². The van der Waals surface area contributed by atoms with Gasteiger partial charge in [-0.3, -0.25) is 74.5 Å². The molecule has 0 aliphatic heterocycles. The number of nitrogens with zero attached hydrogens (tertiary/aromatic N) is 10. The van der Waals surface area contributed by atoms with E-state index in [1.165, 1.54) is 147 Å². The summed E-state index contributed by atoms with van der Waals surface area (Å²) in [5.74, 6) is 4.13. The Hall–Kier alpha value is -20.0. The zero-order valence-electron chi connectivity index (χ0n) is 78.9. The summed E-state index contributed by atoms with van der Waals surface area (Å²) in [5, 5.41) is 71.1. The van der Waals surface area contributed by atoms with Gasteiger partial charge >= 0.3 is 5.69 Å². The fourth-order valence-electron chi connectivity index (χ4n) is 13.2. The largest absolute Gasteiger partial charge is 0.495 e. The highest BCUT2D eigenvalue weighted by Gasteiger charge is 2.22. The fraction of sp³-hybridized carbons (Fsp3) is 0.0654. The molecule has 0 atom stereocenters. The van der Waals surface area contributed by atoms with Gasteiger partial charge in [-0.15, -0.1) is 0 Å². The summed E-state index contributed by atoms with van der Waals surface area (Å²) in [6.07, 6.45) is 23.4. The van der Waals surface area contributed by atoms with Gasteiger partial charge < -0.3 is 65.5 Å². The molecule has 0 radical (unpaired) electrons. The molecule has 40 heteroatoms. The van der Waals surface area contributed by atoms with E-state index in [4.69, 9.17) is 62.1 Å². The highest BCUT2D eigenvalue weighted by molar-refractivity contribution is 6.31. The molecule has 0 amide bonds. The van der Waals surface area contributed by atoms with E-state index in [1.54, 1.807) is 237 Å². The maximum absolute atomic E-state index is 12.8. The van der Waals surface area contributed by atoms with Crippen LogP contribution in [0.3, 0.4) is 0 Å². The number of nitrogens with two attached hydrogens (primary N) is 1. The fourth-order valence-corrected chi connectivity index (χ4v) is 13.4. The number of halogens is 2. The first kappa shape index (κ1) is 107. The Morgan fingerprint density at radius 1 is 0.272 bits per heavy atom. The number of nitro benzene ring substituents is 5. The van der Waals surface area contributed by atoms with Crippen molar-refractivity contribution in [3.63, 3.8) is 0 Å².